The maximum atomic E-state index is 8.83. The molecule has 0 unspecified atom stereocenters. The largest absolute Gasteiger partial charge is 0.512 e. The first-order chi connectivity index (χ1) is 6.30. The van der Waals surface area contributed by atoms with Gasteiger partial charge in [0, 0.05) is 22.1 Å². The molecular formula is C12H13NiO-. The minimum absolute atomic E-state index is 0. The Morgan fingerprint density at radius 1 is 1.14 bits per heavy atom. The number of aliphatic hydroxyl groups is 1. The fourth-order valence-electron chi connectivity index (χ4n) is 0.936. The van der Waals surface area contributed by atoms with Gasteiger partial charge < -0.3 is 5.11 Å². The van der Waals surface area contributed by atoms with E-state index in [9.17, 15) is 0 Å². The van der Waals surface area contributed by atoms with E-state index >= 15 is 0 Å². The van der Waals surface area contributed by atoms with Crippen LogP contribution < -0.4 is 0 Å². The van der Waals surface area contributed by atoms with Crippen molar-refractivity contribution in [3.8, 4) is 0 Å². The van der Waals surface area contributed by atoms with Crippen molar-refractivity contribution in [1.29, 1.82) is 0 Å². The molecule has 1 aromatic carbocycles. The second-order valence-corrected chi connectivity index (χ2v) is 2.72. The summed E-state index contributed by atoms with van der Waals surface area (Å²) in [5.41, 5.74) is 0.907. The monoisotopic (exact) mass is 231 g/mol. The van der Waals surface area contributed by atoms with Gasteiger partial charge in [-0.2, -0.15) is 18.2 Å². The molecule has 0 radical (unpaired) electrons. The molecule has 1 aliphatic carbocycles. The summed E-state index contributed by atoms with van der Waals surface area (Å²) in [6.45, 7) is 1.68. The van der Waals surface area contributed by atoms with E-state index in [4.69, 9.17) is 5.11 Å². The Hall–Kier alpha value is -1.14. The molecular weight excluding hydrogens is 219 g/mol. The number of allylic oxidation sites excluding steroid dienone is 6. The number of hydrogen-bond acceptors (Lipinski definition) is 1. The standard InChI is InChI=1S/C7H8O.C5H5.Ni/c1-6(8)7-4-2-3-5-7;1-2-4-5-3-1;/h2-5,8H,1H3;1-5H;/q;-1;. The van der Waals surface area contributed by atoms with E-state index in [1.807, 2.05) is 54.6 Å². The maximum absolute atomic E-state index is 8.83. The summed E-state index contributed by atoms with van der Waals surface area (Å²) < 4.78 is 0. The third kappa shape index (κ3) is 4.78. The van der Waals surface area contributed by atoms with Gasteiger partial charge in [-0.15, -0.1) is 0 Å². The Morgan fingerprint density at radius 2 is 1.64 bits per heavy atom. The summed E-state index contributed by atoms with van der Waals surface area (Å²) in [5.74, 6) is 0.384. The van der Waals surface area contributed by atoms with Crippen LogP contribution in [-0.2, 0) is 16.5 Å². The van der Waals surface area contributed by atoms with Crippen molar-refractivity contribution in [1.82, 2.24) is 0 Å². The van der Waals surface area contributed by atoms with Gasteiger partial charge in [0.15, 0.2) is 0 Å². The SMILES string of the molecule is CC(O)=C1C=CC=C1.[Ni].c1cc[cH-]c1. The minimum atomic E-state index is 0. The molecule has 2 heteroatoms. The number of rotatable bonds is 0. The van der Waals surface area contributed by atoms with Crippen molar-refractivity contribution in [2.45, 2.75) is 6.92 Å². The second kappa shape index (κ2) is 7.28. The van der Waals surface area contributed by atoms with Crippen molar-refractivity contribution in [3.63, 3.8) is 0 Å². The van der Waals surface area contributed by atoms with E-state index in [-0.39, 0.29) is 16.5 Å². The molecule has 1 N–H and O–H groups in total. The molecule has 78 valence electrons. The van der Waals surface area contributed by atoms with E-state index in [1.165, 1.54) is 0 Å². The van der Waals surface area contributed by atoms with Crippen LogP contribution in [0.2, 0.25) is 0 Å². The van der Waals surface area contributed by atoms with Crippen LogP contribution in [0.25, 0.3) is 0 Å². The molecule has 0 aromatic heterocycles. The van der Waals surface area contributed by atoms with Gasteiger partial charge in [-0.1, -0.05) is 24.3 Å². The molecule has 0 saturated heterocycles. The second-order valence-electron chi connectivity index (χ2n) is 2.72. The Morgan fingerprint density at radius 3 is 1.86 bits per heavy atom. The number of aliphatic hydroxyl groups excluding tert-OH is 1. The average Bonchev–Trinajstić information content (AvgIpc) is 2.82. The summed E-state index contributed by atoms with van der Waals surface area (Å²) in [7, 11) is 0. The normalized spacial score (nSPS) is 11.6. The summed E-state index contributed by atoms with van der Waals surface area (Å²) in [6, 6.07) is 10.0. The molecule has 1 aliphatic rings. The average molecular weight is 232 g/mol. The van der Waals surface area contributed by atoms with Crippen LogP contribution in [0, 0.1) is 0 Å². The fraction of sp³-hybridized carbons (Fsp3) is 0.0833. The molecule has 0 bridgehead atoms. The third-order valence-corrected chi connectivity index (χ3v) is 1.64. The van der Waals surface area contributed by atoms with Crippen molar-refractivity contribution in [2.75, 3.05) is 0 Å². The van der Waals surface area contributed by atoms with Crippen molar-refractivity contribution >= 4 is 0 Å². The smallest absolute Gasteiger partial charge is 0.0963 e. The molecule has 1 nitrogen and oxygen atoms in total. The van der Waals surface area contributed by atoms with Crippen molar-refractivity contribution < 1.29 is 21.6 Å². The van der Waals surface area contributed by atoms with E-state index in [1.54, 1.807) is 6.92 Å². The van der Waals surface area contributed by atoms with Crippen molar-refractivity contribution in [2.24, 2.45) is 0 Å². The molecule has 0 spiro atoms. The molecule has 0 heterocycles. The zero-order chi connectivity index (χ0) is 9.52. The van der Waals surface area contributed by atoms with Gasteiger partial charge in [-0.3, -0.25) is 0 Å². The van der Waals surface area contributed by atoms with Gasteiger partial charge >= 0.3 is 0 Å². The van der Waals surface area contributed by atoms with Gasteiger partial charge in [-0.05, 0) is 6.92 Å². The summed E-state index contributed by atoms with van der Waals surface area (Å²) in [5, 5.41) is 8.83. The Labute approximate surface area is 94.7 Å². The van der Waals surface area contributed by atoms with E-state index in [0.717, 1.165) is 5.57 Å². The summed E-state index contributed by atoms with van der Waals surface area (Å²) >= 11 is 0. The van der Waals surface area contributed by atoms with Crippen LogP contribution in [0.3, 0.4) is 0 Å². The van der Waals surface area contributed by atoms with Gasteiger partial charge in [0.25, 0.3) is 0 Å². The molecule has 2 rings (SSSR count). The van der Waals surface area contributed by atoms with Crippen LogP contribution in [0.15, 0.2) is 66.0 Å². The first kappa shape index (κ1) is 12.9. The molecule has 1 aromatic rings. The number of hydrogen-bond donors (Lipinski definition) is 1. The zero-order valence-electron chi connectivity index (χ0n) is 7.96. The van der Waals surface area contributed by atoms with E-state index < -0.39 is 0 Å². The zero-order valence-corrected chi connectivity index (χ0v) is 8.95. The molecule has 14 heavy (non-hydrogen) atoms. The third-order valence-electron chi connectivity index (χ3n) is 1.64. The first-order valence-corrected chi connectivity index (χ1v) is 4.22. The molecule has 0 aliphatic heterocycles. The minimum Gasteiger partial charge on any atom is -0.512 e. The Balaban J connectivity index is 0.000000246. The predicted molar refractivity (Wildman–Crippen MR) is 55.6 cm³/mol. The van der Waals surface area contributed by atoms with Gasteiger partial charge in [0.05, 0.1) is 5.76 Å². The van der Waals surface area contributed by atoms with E-state index in [2.05, 4.69) is 0 Å². The molecule has 0 saturated carbocycles. The summed E-state index contributed by atoms with van der Waals surface area (Å²) in [4.78, 5) is 0. The van der Waals surface area contributed by atoms with Crippen molar-refractivity contribution in [3.05, 3.63) is 66.0 Å². The van der Waals surface area contributed by atoms with Gasteiger partial charge in [-0.25, -0.2) is 12.1 Å². The Bertz CT molecular complexity index is 283. The van der Waals surface area contributed by atoms with Crippen LogP contribution in [-0.4, -0.2) is 5.11 Å². The predicted octanol–water partition coefficient (Wildman–Crippen LogP) is 3.35. The van der Waals surface area contributed by atoms with Gasteiger partial charge in [0.1, 0.15) is 0 Å². The fourth-order valence-corrected chi connectivity index (χ4v) is 0.936. The van der Waals surface area contributed by atoms with Crippen LogP contribution in [0.1, 0.15) is 6.92 Å². The van der Waals surface area contributed by atoms with Crippen LogP contribution >= 0.6 is 0 Å². The van der Waals surface area contributed by atoms with Crippen LogP contribution in [0.5, 0.6) is 0 Å². The quantitative estimate of drug-likeness (QED) is 0.413. The Kier molecular flexibility index (Phi) is 6.69. The maximum Gasteiger partial charge on any atom is 0.0963 e. The summed E-state index contributed by atoms with van der Waals surface area (Å²) in [6.07, 6.45) is 7.54. The molecule has 0 atom stereocenters. The topological polar surface area (TPSA) is 20.2 Å². The molecule has 0 amide bonds. The first-order valence-electron chi connectivity index (χ1n) is 4.22. The molecule has 0 fully saturated rings. The van der Waals surface area contributed by atoms with Gasteiger partial charge in [0.2, 0.25) is 0 Å². The van der Waals surface area contributed by atoms with Crippen LogP contribution in [0.4, 0.5) is 0 Å². The van der Waals surface area contributed by atoms with E-state index in [0.29, 0.717) is 5.76 Å².